The topological polar surface area (TPSA) is 3.24 Å². The molecule has 0 saturated carbocycles. The zero-order valence-corrected chi connectivity index (χ0v) is 25.1. The molecule has 2 aliphatic rings. The predicted octanol–water partition coefficient (Wildman–Crippen LogP) is 11.6. The summed E-state index contributed by atoms with van der Waals surface area (Å²) < 4.78 is 0. The molecule has 0 N–H and O–H groups in total. The minimum absolute atomic E-state index is 0.0724. The summed E-state index contributed by atoms with van der Waals surface area (Å²) in [6.07, 6.45) is 0. The molecule has 206 valence electrons. The fourth-order valence-electron chi connectivity index (χ4n) is 8.16. The molecule has 1 heteroatoms. The zero-order valence-electron chi connectivity index (χ0n) is 25.1. The van der Waals surface area contributed by atoms with E-state index in [4.69, 9.17) is 0 Å². The third kappa shape index (κ3) is 3.17. The molecule has 0 unspecified atom stereocenters. The Hall–Kier alpha value is -4.88. The van der Waals surface area contributed by atoms with E-state index >= 15 is 0 Å². The number of anilines is 3. The summed E-state index contributed by atoms with van der Waals surface area (Å²) in [5, 5.41) is 7.81. The standard InChI is InChI=1S/C42H33N/c1-41(2)33-16-9-10-19-37(33)43-38-23-21-28(25-36(38)42(3,4)35-18-11-17-34(41)40(35)43)32-24-27-13-6-7-14-29(27)31-22-20-26-12-5-8-15-30(26)39(31)32/h5-25H,1-4H3. The van der Waals surface area contributed by atoms with Crippen LogP contribution in [0.4, 0.5) is 17.1 Å². The summed E-state index contributed by atoms with van der Waals surface area (Å²) in [7, 11) is 0. The molecule has 0 radical (unpaired) electrons. The largest absolute Gasteiger partial charge is 0.309 e. The van der Waals surface area contributed by atoms with Gasteiger partial charge >= 0.3 is 0 Å². The quantitative estimate of drug-likeness (QED) is 0.183. The minimum atomic E-state index is -0.162. The molecule has 9 rings (SSSR count). The smallest absolute Gasteiger partial charge is 0.0543 e. The summed E-state index contributed by atoms with van der Waals surface area (Å²) in [4.78, 5) is 2.55. The third-order valence-electron chi connectivity index (χ3n) is 10.4. The highest BCUT2D eigenvalue weighted by Gasteiger charge is 2.45. The molecule has 0 spiro atoms. The van der Waals surface area contributed by atoms with E-state index in [2.05, 4.69) is 160 Å². The lowest BCUT2D eigenvalue weighted by atomic mass is 9.66. The highest BCUT2D eigenvalue weighted by molar-refractivity contribution is 6.23. The lowest BCUT2D eigenvalue weighted by Crippen LogP contribution is -2.38. The molecule has 7 aromatic carbocycles. The number of hydrogen-bond donors (Lipinski definition) is 0. The molecule has 0 aromatic heterocycles. The van der Waals surface area contributed by atoms with Gasteiger partial charge in [0.05, 0.1) is 17.1 Å². The van der Waals surface area contributed by atoms with Gasteiger partial charge in [-0.1, -0.05) is 131 Å². The van der Waals surface area contributed by atoms with Crippen LogP contribution in [0, 0.1) is 0 Å². The van der Waals surface area contributed by atoms with E-state index in [-0.39, 0.29) is 10.8 Å². The normalized spacial score (nSPS) is 15.8. The molecule has 7 aromatic rings. The Morgan fingerprint density at radius 3 is 1.88 bits per heavy atom. The molecule has 0 aliphatic carbocycles. The zero-order chi connectivity index (χ0) is 29.1. The highest BCUT2D eigenvalue weighted by atomic mass is 15.2. The summed E-state index contributed by atoms with van der Waals surface area (Å²) in [6.45, 7) is 9.56. The van der Waals surface area contributed by atoms with Crippen molar-refractivity contribution >= 4 is 49.4 Å². The van der Waals surface area contributed by atoms with Crippen molar-refractivity contribution < 1.29 is 0 Å². The third-order valence-corrected chi connectivity index (χ3v) is 10.4. The van der Waals surface area contributed by atoms with Crippen molar-refractivity contribution in [3.63, 3.8) is 0 Å². The van der Waals surface area contributed by atoms with Crippen LogP contribution in [0.3, 0.4) is 0 Å². The van der Waals surface area contributed by atoms with Crippen molar-refractivity contribution in [2.75, 3.05) is 4.90 Å². The van der Waals surface area contributed by atoms with Gasteiger partial charge in [-0.25, -0.2) is 0 Å². The minimum Gasteiger partial charge on any atom is -0.309 e. The molecule has 43 heavy (non-hydrogen) atoms. The maximum Gasteiger partial charge on any atom is 0.0543 e. The van der Waals surface area contributed by atoms with Crippen LogP contribution in [0.1, 0.15) is 49.9 Å². The van der Waals surface area contributed by atoms with E-state index in [1.54, 1.807) is 0 Å². The first kappa shape index (κ1) is 24.7. The molecule has 0 bridgehead atoms. The molecule has 0 amide bonds. The maximum atomic E-state index is 2.55. The summed E-state index contributed by atoms with van der Waals surface area (Å²) in [5.41, 5.74) is 11.8. The average Bonchev–Trinajstić information content (AvgIpc) is 3.04. The molecule has 0 saturated heterocycles. The number of rotatable bonds is 1. The van der Waals surface area contributed by atoms with Gasteiger partial charge < -0.3 is 4.90 Å². The molecular weight excluding hydrogens is 518 g/mol. The van der Waals surface area contributed by atoms with Crippen LogP contribution in [-0.2, 0) is 10.8 Å². The maximum absolute atomic E-state index is 2.55. The number of benzene rings is 7. The summed E-state index contributed by atoms with van der Waals surface area (Å²) in [5.74, 6) is 0. The molecule has 2 aliphatic heterocycles. The fourth-order valence-corrected chi connectivity index (χ4v) is 8.16. The van der Waals surface area contributed by atoms with E-state index in [1.807, 2.05) is 0 Å². The highest BCUT2D eigenvalue weighted by Crippen LogP contribution is 2.60. The van der Waals surface area contributed by atoms with Gasteiger partial charge in [0.25, 0.3) is 0 Å². The van der Waals surface area contributed by atoms with E-state index in [0.29, 0.717) is 0 Å². The van der Waals surface area contributed by atoms with E-state index in [1.165, 1.54) is 82.8 Å². The summed E-state index contributed by atoms with van der Waals surface area (Å²) in [6, 6.07) is 47.8. The van der Waals surface area contributed by atoms with Gasteiger partial charge in [-0.3, -0.25) is 0 Å². The number of nitrogens with zero attached hydrogens (tertiary/aromatic N) is 1. The Kier molecular flexibility index (Phi) is 4.80. The van der Waals surface area contributed by atoms with Crippen LogP contribution in [-0.4, -0.2) is 0 Å². The molecule has 1 nitrogen and oxygen atoms in total. The Labute approximate surface area is 253 Å². The molecular formula is C42H33N. The second-order valence-corrected chi connectivity index (χ2v) is 13.4. The number of fused-ring (bicyclic) bond motifs is 9. The van der Waals surface area contributed by atoms with Crippen LogP contribution in [0.15, 0.2) is 127 Å². The van der Waals surface area contributed by atoms with Gasteiger partial charge in [-0.2, -0.15) is 0 Å². The lowest BCUT2D eigenvalue weighted by molar-refractivity contribution is 0.597. The SMILES string of the molecule is CC1(C)c2ccccc2N2c3ccc(-c4cc5ccccc5c5ccc6ccccc6c45)cc3C(C)(C)c3cccc1c32. The first-order valence-corrected chi connectivity index (χ1v) is 15.4. The monoisotopic (exact) mass is 551 g/mol. The second kappa shape index (κ2) is 8.36. The predicted molar refractivity (Wildman–Crippen MR) is 183 cm³/mol. The van der Waals surface area contributed by atoms with Crippen LogP contribution in [0.5, 0.6) is 0 Å². The first-order chi connectivity index (χ1) is 20.9. The first-order valence-electron chi connectivity index (χ1n) is 15.4. The van der Waals surface area contributed by atoms with Crippen LogP contribution >= 0.6 is 0 Å². The van der Waals surface area contributed by atoms with Crippen molar-refractivity contribution in [2.45, 2.75) is 38.5 Å². The fraction of sp³-hybridized carbons (Fsp3) is 0.143. The number of para-hydroxylation sites is 2. The second-order valence-electron chi connectivity index (χ2n) is 13.4. The Balaban J connectivity index is 1.37. The Bertz CT molecular complexity index is 2300. The summed E-state index contributed by atoms with van der Waals surface area (Å²) >= 11 is 0. The average molecular weight is 552 g/mol. The Morgan fingerprint density at radius 1 is 0.442 bits per heavy atom. The lowest BCUT2D eigenvalue weighted by Gasteiger charge is -2.49. The van der Waals surface area contributed by atoms with E-state index in [0.717, 1.165) is 0 Å². The molecule has 0 atom stereocenters. The van der Waals surface area contributed by atoms with Gasteiger partial charge in [-0.05, 0) is 90.0 Å². The van der Waals surface area contributed by atoms with Crippen LogP contribution in [0.25, 0.3) is 43.4 Å². The van der Waals surface area contributed by atoms with Gasteiger partial charge in [0, 0.05) is 10.8 Å². The van der Waals surface area contributed by atoms with Crippen LogP contribution in [0.2, 0.25) is 0 Å². The molecule has 2 heterocycles. The van der Waals surface area contributed by atoms with Crippen molar-refractivity contribution in [2.24, 2.45) is 0 Å². The van der Waals surface area contributed by atoms with Crippen molar-refractivity contribution in [1.82, 2.24) is 0 Å². The van der Waals surface area contributed by atoms with Gasteiger partial charge in [0.15, 0.2) is 0 Å². The van der Waals surface area contributed by atoms with Gasteiger partial charge in [0.2, 0.25) is 0 Å². The van der Waals surface area contributed by atoms with Crippen LogP contribution < -0.4 is 4.90 Å². The van der Waals surface area contributed by atoms with Crippen molar-refractivity contribution in [3.8, 4) is 11.1 Å². The Morgan fingerprint density at radius 2 is 1.07 bits per heavy atom. The van der Waals surface area contributed by atoms with Gasteiger partial charge in [0.1, 0.15) is 0 Å². The molecule has 0 fully saturated rings. The number of hydrogen-bond acceptors (Lipinski definition) is 1. The van der Waals surface area contributed by atoms with Gasteiger partial charge in [-0.15, -0.1) is 0 Å². The van der Waals surface area contributed by atoms with Crippen molar-refractivity contribution in [3.05, 3.63) is 150 Å². The van der Waals surface area contributed by atoms with E-state index < -0.39 is 0 Å². The van der Waals surface area contributed by atoms with Crippen molar-refractivity contribution in [1.29, 1.82) is 0 Å². The van der Waals surface area contributed by atoms with E-state index in [9.17, 15) is 0 Å².